The fraction of sp³-hybridized carbons (Fsp3) is 0.562. The standard InChI is InChI=1S/C16H21N3/c1-12-7-13(8-17)4-5-14(12)9-19-10-15-3-2-6-18-16(15)11-19/h4-5,7,15-16,18H,2-3,6,9-11H2,1H3/t15-,16+/m0/s1. The van der Waals surface area contributed by atoms with Crippen molar-refractivity contribution in [2.75, 3.05) is 19.6 Å². The molecule has 1 aromatic rings. The van der Waals surface area contributed by atoms with Crippen molar-refractivity contribution >= 4 is 0 Å². The molecule has 100 valence electrons. The van der Waals surface area contributed by atoms with Crippen LogP contribution in [-0.4, -0.2) is 30.6 Å². The lowest BCUT2D eigenvalue weighted by molar-refractivity contribution is 0.312. The van der Waals surface area contributed by atoms with Crippen LogP contribution >= 0.6 is 0 Å². The molecule has 0 radical (unpaired) electrons. The van der Waals surface area contributed by atoms with Gasteiger partial charge in [-0.1, -0.05) is 6.07 Å². The van der Waals surface area contributed by atoms with Gasteiger partial charge in [0.1, 0.15) is 0 Å². The first-order chi connectivity index (χ1) is 9.26. The SMILES string of the molecule is Cc1cc(C#N)ccc1CN1C[C@@H]2CCCN[C@@H]2C1. The van der Waals surface area contributed by atoms with Gasteiger partial charge in [-0.15, -0.1) is 0 Å². The highest BCUT2D eigenvalue weighted by Gasteiger charge is 2.33. The molecule has 2 aliphatic rings. The molecule has 0 saturated carbocycles. The lowest BCUT2D eigenvalue weighted by atomic mass is 9.94. The highest BCUT2D eigenvalue weighted by molar-refractivity contribution is 5.37. The van der Waals surface area contributed by atoms with E-state index in [4.69, 9.17) is 5.26 Å². The highest BCUT2D eigenvalue weighted by atomic mass is 15.2. The molecule has 0 aromatic heterocycles. The molecule has 2 atom stereocenters. The van der Waals surface area contributed by atoms with E-state index in [2.05, 4.69) is 29.3 Å². The molecular formula is C16H21N3. The molecule has 2 aliphatic heterocycles. The number of hydrogen-bond donors (Lipinski definition) is 1. The topological polar surface area (TPSA) is 39.1 Å². The number of nitrogens with one attached hydrogen (secondary N) is 1. The Labute approximate surface area is 115 Å². The number of rotatable bonds is 2. The van der Waals surface area contributed by atoms with Crippen molar-refractivity contribution in [3.05, 3.63) is 34.9 Å². The largest absolute Gasteiger partial charge is 0.312 e. The van der Waals surface area contributed by atoms with Crippen molar-refractivity contribution in [3.63, 3.8) is 0 Å². The van der Waals surface area contributed by atoms with Gasteiger partial charge in [0.2, 0.25) is 0 Å². The van der Waals surface area contributed by atoms with Gasteiger partial charge >= 0.3 is 0 Å². The van der Waals surface area contributed by atoms with Gasteiger partial charge < -0.3 is 5.32 Å². The maximum absolute atomic E-state index is 8.91. The maximum atomic E-state index is 8.91. The predicted molar refractivity (Wildman–Crippen MR) is 75.7 cm³/mol. The molecule has 3 nitrogen and oxygen atoms in total. The number of fused-ring (bicyclic) bond motifs is 1. The summed E-state index contributed by atoms with van der Waals surface area (Å²) in [7, 11) is 0. The fourth-order valence-electron chi connectivity index (χ4n) is 3.45. The zero-order valence-electron chi connectivity index (χ0n) is 11.5. The van der Waals surface area contributed by atoms with E-state index in [1.807, 2.05) is 12.1 Å². The number of nitriles is 1. The Bertz CT molecular complexity index is 489. The van der Waals surface area contributed by atoms with Crippen LogP contribution in [-0.2, 0) is 6.54 Å². The van der Waals surface area contributed by atoms with Crippen LogP contribution in [0.4, 0.5) is 0 Å². The van der Waals surface area contributed by atoms with Crippen LogP contribution in [0.5, 0.6) is 0 Å². The van der Waals surface area contributed by atoms with Crippen molar-refractivity contribution in [3.8, 4) is 6.07 Å². The first-order valence-corrected chi connectivity index (χ1v) is 7.21. The minimum absolute atomic E-state index is 0.701. The number of aryl methyl sites for hydroxylation is 1. The lowest BCUT2D eigenvalue weighted by Crippen LogP contribution is -2.40. The summed E-state index contributed by atoms with van der Waals surface area (Å²) >= 11 is 0. The van der Waals surface area contributed by atoms with Crippen LogP contribution < -0.4 is 5.32 Å². The van der Waals surface area contributed by atoms with E-state index in [-0.39, 0.29) is 0 Å². The maximum Gasteiger partial charge on any atom is 0.0991 e. The molecule has 2 saturated heterocycles. The molecule has 2 heterocycles. The summed E-state index contributed by atoms with van der Waals surface area (Å²) in [6.07, 6.45) is 2.70. The Balaban J connectivity index is 1.67. The molecule has 19 heavy (non-hydrogen) atoms. The molecule has 2 fully saturated rings. The average Bonchev–Trinajstić information content (AvgIpc) is 2.83. The van der Waals surface area contributed by atoms with E-state index < -0.39 is 0 Å². The molecule has 0 aliphatic carbocycles. The van der Waals surface area contributed by atoms with Crippen LogP contribution in [0.2, 0.25) is 0 Å². The average molecular weight is 255 g/mol. The van der Waals surface area contributed by atoms with Crippen LogP contribution in [0.15, 0.2) is 18.2 Å². The van der Waals surface area contributed by atoms with Crippen LogP contribution in [0, 0.1) is 24.2 Å². The van der Waals surface area contributed by atoms with E-state index >= 15 is 0 Å². The second-order valence-corrected chi connectivity index (χ2v) is 5.91. The molecule has 0 bridgehead atoms. The Morgan fingerprint density at radius 3 is 3.05 bits per heavy atom. The van der Waals surface area contributed by atoms with E-state index in [1.165, 1.54) is 43.6 Å². The van der Waals surface area contributed by atoms with E-state index in [0.717, 1.165) is 18.0 Å². The van der Waals surface area contributed by atoms with Crippen LogP contribution in [0.1, 0.15) is 29.5 Å². The van der Waals surface area contributed by atoms with Crippen molar-refractivity contribution < 1.29 is 0 Å². The summed E-state index contributed by atoms with van der Waals surface area (Å²) in [6.45, 7) is 6.70. The molecule has 0 unspecified atom stereocenters. The second kappa shape index (κ2) is 5.32. The van der Waals surface area contributed by atoms with E-state index in [1.54, 1.807) is 0 Å². The first kappa shape index (κ1) is 12.7. The van der Waals surface area contributed by atoms with Gasteiger partial charge in [0.05, 0.1) is 11.6 Å². The third-order valence-corrected chi connectivity index (χ3v) is 4.54. The Hall–Kier alpha value is -1.37. The zero-order chi connectivity index (χ0) is 13.2. The first-order valence-electron chi connectivity index (χ1n) is 7.21. The monoisotopic (exact) mass is 255 g/mol. The van der Waals surface area contributed by atoms with E-state index in [0.29, 0.717) is 6.04 Å². The van der Waals surface area contributed by atoms with E-state index in [9.17, 15) is 0 Å². The number of hydrogen-bond acceptors (Lipinski definition) is 3. The molecule has 1 aromatic carbocycles. The third kappa shape index (κ3) is 2.65. The van der Waals surface area contributed by atoms with Gasteiger partial charge in [-0.05, 0) is 55.5 Å². The molecule has 0 spiro atoms. The molecule has 3 heteroatoms. The van der Waals surface area contributed by atoms with Crippen molar-refractivity contribution in [1.29, 1.82) is 5.26 Å². The smallest absolute Gasteiger partial charge is 0.0991 e. The zero-order valence-corrected chi connectivity index (χ0v) is 11.5. The Kier molecular flexibility index (Phi) is 3.54. The Morgan fingerprint density at radius 1 is 1.42 bits per heavy atom. The number of benzene rings is 1. The van der Waals surface area contributed by atoms with Crippen molar-refractivity contribution in [2.24, 2.45) is 5.92 Å². The summed E-state index contributed by atoms with van der Waals surface area (Å²) in [5.41, 5.74) is 3.36. The number of piperidine rings is 1. The number of nitrogens with zero attached hydrogens (tertiary/aromatic N) is 2. The third-order valence-electron chi connectivity index (χ3n) is 4.54. The minimum atomic E-state index is 0.701. The van der Waals surface area contributed by atoms with Gasteiger partial charge in [-0.3, -0.25) is 4.90 Å². The summed E-state index contributed by atoms with van der Waals surface area (Å²) in [6, 6.07) is 8.95. The quantitative estimate of drug-likeness (QED) is 0.879. The van der Waals surface area contributed by atoms with Crippen molar-refractivity contribution in [1.82, 2.24) is 10.2 Å². The van der Waals surface area contributed by atoms with Gasteiger partial charge in [0, 0.05) is 25.7 Å². The van der Waals surface area contributed by atoms with Gasteiger partial charge in [-0.25, -0.2) is 0 Å². The molecule has 1 N–H and O–H groups in total. The van der Waals surface area contributed by atoms with Gasteiger partial charge in [0.25, 0.3) is 0 Å². The molecule has 3 rings (SSSR count). The summed E-state index contributed by atoms with van der Waals surface area (Å²) in [4.78, 5) is 2.56. The summed E-state index contributed by atoms with van der Waals surface area (Å²) in [5, 5.41) is 12.6. The van der Waals surface area contributed by atoms with Crippen molar-refractivity contribution in [2.45, 2.75) is 32.4 Å². The van der Waals surface area contributed by atoms with Gasteiger partial charge in [0.15, 0.2) is 0 Å². The minimum Gasteiger partial charge on any atom is -0.312 e. The molecule has 0 amide bonds. The van der Waals surface area contributed by atoms with Gasteiger partial charge in [-0.2, -0.15) is 5.26 Å². The second-order valence-electron chi connectivity index (χ2n) is 5.91. The molecular weight excluding hydrogens is 234 g/mol. The predicted octanol–water partition coefficient (Wildman–Crippen LogP) is 2.05. The van der Waals surface area contributed by atoms with Crippen LogP contribution in [0.25, 0.3) is 0 Å². The van der Waals surface area contributed by atoms with Crippen LogP contribution in [0.3, 0.4) is 0 Å². The Morgan fingerprint density at radius 2 is 2.32 bits per heavy atom. The normalized spacial score (nSPS) is 26.9. The highest BCUT2D eigenvalue weighted by Crippen LogP contribution is 2.26. The summed E-state index contributed by atoms with van der Waals surface area (Å²) < 4.78 is 0. The lowest BCUT2D eigenvalue weighted by Gasteiger charge is -2.24. The fourth-order valence-corrected chi connectivity index (χ4v) is 3.45. The summed E-state index contributed by atoms with van der Waals surface area (Å²) in [5.74, 6) is 0.840. The number of likely N-dealkylation sites (tertiary alicyclic amines) is 1.